The molecule has 0 fully saturated rings. The first-order valence-corrected chi connectivity index (χ1v) is 6.60. The van der Waals surface area contributed by atoms with Gasteiger partial charge in [0, 0.05) is 12.2 Å². The summed E-state index contributed by atoms with van der Waals surface area (Å²) in [5.74, 6) is 0. The highest BCUT2D eigenvalue weighted by Crippen LogP contribution is 2.19. The zero-order valence-electron chi connectivity index (χ0n) is 11.1. The Hall–Kier alpha value is -2.28. The van der Waals surface area contributed by atoms with Crippen LogP contribution in [0.2, 0.25) is 0 Å². The maximum absolute atomic E-state index is 3.48. The third-order valence-electron chi connectivity index (χ3n) is 3.41. The van der Waals surface area contributed by atoms with E-state index in [1.54, 1.807) is 0 Å². The first-order valence-electron chi connectivity index (χ1n) is 6.60. The molecular formula is C18H17N. The summed E-state index contributed by atoms with van der Waals surface area (Å²) >= 11 is 0. The van der Waals surface area contributed by atoms with Gasteiger partial charge in [-0.2, -0.15) is 0 Å². The Bertz CT molecular complexity index is 678. The van der Waals surface area contributed by atoms with Gasteiger partial charge in [0.2, 0.25) is 0 Å². The van der Waals surface area contributed by atoms with Crippen LogP contribution in [-0.4, -0.2) is 0 Å². The first-order chi connectivity index (χ1) is 9.33. The molecule has 3 rings (SSSR count). The van der Waals surface area contributed by atoms with Crippen LogP contribution in [0.3, 0.4) is 0 Å². The molecule has 0 unspecified atom stereocenters. The maximum Gasteiger partial charge on any atom is 0.0406 e. The van der Waals surface area contributed by atoms with Crippen LogP contribution in [0.4, 0.5) is 5.69 Å². The molecule has 1 heteroatoms. The van der Waals surface area contributed by atoms with Gasteiger partial charge in [-0.3, -0.25) is 0 Å². The van der Waals surface area contributed by atoms with Crippen LogP contribution >= 0.6 is 0 Å². The summed E-state index contributed by atoms with van der Waals surface area (Å²) in [6, 6.07) is 23.5. The molecule has 0 aliphatic rings. The summed E-state index contributed by atoms with van der Waals surface area (Å²) in [7, 11) is 0. The summed E-state index contributed by atoms with van der Waals surface area (Å²) < 4.78 is 0. The second-order valence-electron chi connectivity index (χ2n) is 4.86. The van der Waals surface area contributed by atoms with Crippen molar-refractivity contribution in [1.29, 1.82) is 0 Å². The molecule has 3 aromatic rings. The zero-order chi connectivity index (χ0) is 13.1. The van der Waals surface area contributed by atoms with Gasteiger partial charge in [0.1, 0.15) is 0 Å². The highest BCUT2D eigenvalue weighted by atomic mass is 14.9. The molecule has 0 saturated carbocycles. The molecular weight excluding hydrogens is 230 g/mol. The number of nitrogens with one attached hydrogen (secondary N) is 1. The van der Waals surface area contributed by atoms with Gasteiger partial charge >= 0.3 is 0 Å². The van der Waals surface area contributed by atoms with Gasteiger partial charge in [0.05, 0.1) is 0 Å². The Labute approximate surface area is 113 Å². The van der Waals surface area contributed by atoms with Gasteiger partial charge in [-0.05, 0) is 35.4 Å². The summed E-state index contributed by atoms with van der Waals surface area (Å²) in [6.45, 7) is 2.96. The summed E-state index contributed by atoms with van der Waals surface area (Å²) in [6.07, 6.45) is 0. The van der Waals surface area contributed by atoms with E-state index in [1.165, 1.54) is 27.6 Å². The predicted molar refractivity (Wildman–Crippen MR) is 82.5 cm³/mol. The van der Waals surface area contributed by atoms with E-state index in [1.807, 2.05) is 0 Å². The lowest BCUT2D eigenvalue weighted by atomic mass is 10.0. The zero-order valence-corrected chi connectivity index (χ0v) is 11.1. The quantitative estimate of drug-likeness (QED) is 0.703. The average molecular weight is 247 g/mol. The Kier molecular flexibility index (Phi) is 3.20. The van der Waals surface area contributed by atoms with E-state index in [4.69, 9.17) is 0 Å². The van der Waals surface area contributed by atoms with Crippen LogP contribution in [0, 0.1) is 6.92 Å². The summed E-state index contributed by atoms with van der Waals surface area (Å²) in [5, 5.41) is 6.10. The fourth-order valence-electron chi connectivity index (χ4n) is 2.32. The molecule has 0 aromatic heterocycles. The van der Waals surface area contributed by atoms with Crippen LogP contribution in [0.1, 0.15) is 11.1 Å². The molecule has 0 aliphatic heterocycles. The van der Waals surface area contributed by atoms with E-state index in [-0.39, 0.29) is 0 Å². The van der Waals surface area contributed by atoms with E-state index < -0.39 is 0 Å². The Balaban J connectivity index is 1.84. The number of hydrogen-bond acceptors (Lipinski definition) is 1. The Morgan fingerprint density at radius 2 is 1.53 bits per heavy atom. The van der Waals surface area contributed by atoms with Crippen molar-refractivity contribution in [2.24, 2.45) is 0 Å². The van der Waals surface area contributed by atoms with Gasteiger partial charge in [-0.15, -0.1) is 0 Å². The molecule has 0 atom stereocenters. The first kappa shape index (κ1) is 11.8. The molecule has 0 bridgehead atoms. The Morgan fingerprint density at radius 3 is 2.37 bits per heavy atom. The molecule has 1 nitrogen and oxygen atoms in total. The minimum absolute atomic E-state index is 0.852. The van der Waals surface area contributed by atoms with Gasteiger partial charge in [0.25, 0.3) is 0 Å². The van der Waals surface area contributed by atoms with Crippen molar-refractivity contribution in [1.82, 2.24) is 0 Å². The van der Waals surface area contributed by atoms with E-state index in [0.29, 0.717) is 0 Å². The standard InChI is InChI=1S/C18H17N/c1-14-9-11-17(12-10-14)19-13-16-7-4-6-15-5-2-3-8-18(15)16/h2-12,19H,13H2,1H3. The van der Waals surface area contributed by atoms with Crippen LogP contribution in [0.5, 0.6) is 0 Å². The topological polar surface area (TPSA) is 12.0 Å². The molecule has 0 saturated heterocycles. The van der Waals surface area contributed by atoms with Gasteiger partial charge < -0.3 is 5.32 Å². The van der Waals surface area contributed by atoms with Crippen LogP contribution < -0.4 is 5.32 Å². The lowest BCUT2D eigenvalue weighted by Gasteiger charge is -2.09. The lowest BCUT2D eigenvalue weighted by Crippen LogP contribution is -1.99. The van der Waals surface area contributed by atoms with Crippen LogP contribution in [-0.2, 0) is 6.54 Å². The summed E-state index contributed by atoms with van der Waals surface area (Å²) in [4.78, 5) is 0. The van der Waals surface area contributed by atoms with Gasteiger partial charge in [-0.1, -0.05) is 60.2 Å². The van der Waals surface area contributed by atoms with Crippen molar-refractivity contribution in [3.63, 3.8) is 0 Å². The number of aryl methyl sites for hydroxylation is 1. The van der Waals surface area contributed by atoms with Crippen molar-refractivity contribution >= 4 is 16.5 Å². The van der Waals surface area contributed by atoms with Gasteiger partial charge in [0.15, 0.2) is 0 Å². The van der Waals surface area contributed by atoms with Crippen molar-refractivity contribution in [2.75, 3.05) is 5.32 Å². The molecule has 0 aliphatic carbocycles. The molecule has 0 radical (unpaired) electrons. The molecule has 19 heavy (non-hydrogen) atoms. The predicted octanol–water partition coefficient (Wildman–Crippen LogP) is 4.76. The lowest BCUT2D eigenvalue weighted by molar-refractivity contribution is 1.17. The summed E-state index contributed by atoms with van der Waals surface area (Å²) in [5.41, 5.74) is 3.79. The normalized spacial score (nSPS) is 10.6. The number of anilines is 1. The fourth-order valence-corrected chi connectivity index (χ4v) is 2.32. The molecule has 0 spiro atoms. The number of hydrogen-bond donors (Lipinski definition) is 1. The third-order valence-corrected chi connectivity index (χ3v) is 3.41. The average Bonchev–Trinajstić information content (AvgIpc) is 2.47. The monoisotopic (exact) mass is 247 g/mol. The number of rotatable bonds is 3. The largest absolute Gasteiger partial charge is 0.381 e. The van der Waals surface area contributed by atoms with Crippen molar-refractivity contribution in [3.05, 3.63) is 77.9 Å². The minimum atomic E-state index is 0.852. The Morgan fingerprint density at radius 1 is 0.789 bits per heavy atom. The van der Waals surface area contributed by atoms with E-state index in [9.17, 15) is 0 Å². The highest BCUT2D eigenvalue weighted by Gasteiger charge is 2.00. The van der Waals surface area contributed by atoms with E-state index in [0.717, 1.165) is 6.54 Å². The number of benzene rings is 3. The molecule has 1 N–H and O–H groups in total. The van der Waals surface area contributed by atoms with Crippen molar-refractivity contribution in [2.45, 2.75) is 13.5 Å². The smallest absolute Gasteiger partial charge is 0.0406 e. The number of fused-ring (bicyclic) bond motifs is 1. The van der Waals surface area contributed by atoms with E-state index in [2.05, 4.69) is 79.0 Å². The molecule has 0 amide bonds. The molecule has 94 valence electrons. The highest BCUT2D eigenvalue weighted by molar-refractivity contribution is 5.85. The minimum Gasteiger partial charge on any atom is -0.381 e. The van der Waals surface area contributed by atoms with E-state index >= 15 is 0 Å². The third kappa shape index (κ3) is 2.60. The van der Waals surface area contributed by atoms with Gasteiger partial charge in [-0.25, -0.2) is 0 Å². The second-order valence-corrected chi connectivity index (χ2v) is 4.86. The van der Waals surface area contributed by atoms with Crippen molar-refractivity contribution in [3.8, 4) is 0 Å². The second kappa shape index (κ2) is 5.15. The SMILES string of the molecule is Cc1ccc(NCc2cccc3ccccc23)cc1. The fraction of sp³-hybridized carbons (Fsp3) is 0.111. The van der Waals surface area contributed by atoms with Crippen molar-refractivity contribution < 1.29 is 0 Å². The molecule has 3 aromatic carbocycles. The molecule has 0 heterocycles. The maximum atomic E-state index is 3.48. The van der Waals surface area contributed by atoms with Crippen LogP contribution in [0.25, 0.3) is 10.8 Å². The van der Waals surface area contributed by atoms with Crippen LogP contribution in [0.15, 0.2) is 66.7 Å².